The molecule has 33 heavy (non-hydrogen) atoms. The van der Waals surface area contributed by atoms with Gasteiger partial charge in [-0.05, 0) is 42.9 Å². The van der Waals surface area contributed by atoms with Gasteiger partial charge in [-0.1, -0.05) is 30.4 Å². The maximum atomic E-state index is 13.2. The molecule has 8 nitrogen and oxygen atoms in total. The number of ether oxygens (including phenoxy) is 4. The van der Waals surface area contributed by atoms with Crippen LogP contribution in [0.4, 0.5) is 0 Å². The van der Waals surface area contributed by atoms with Crippen molar-refractivity contribution >= 4 is 18.0 Å². The van der Waals surface area contributed by atoms with Crippen LogP contribution >= 0.6 is 0 Å². The predicted octanol–water partition coefficient (Wildman–Crippen LogP) is 1.97. The number of esters is 1. The summed E-state index contributed by atoms with van der Waals surface area (Å²) in [7, 11) is 0. The smallest absolute Gasteiger partial charge is 0.339 e. The summed E-state index contributed by atoms with van der Waals surface area (Å²) in [5.41, 5.74) is 1.73. The first-order valence-corrected chi connectivity index (χ1v) is 11.6. The molecule has 2 saturated heterocycles. The highest BCUT2D eigenvalue weighted by atomic mass is 16.7. The van der Waals surface area contributed by atoms with E-state index < -0.39 is 24.3 Å². The minimum absolute atomic E-state index is 0.0811. The molecule has 1 aromatic rings. The summed E-state index contributed by atoms with van der Waals surface area (Å²) in [5, 5.41) is 11.6. The van der Waals surface area contributed by atoms with E-state index in [9.17, 15) is 9.59 Å². The Morgan fingerprint density at radius 3 is 2.91 bits per heavy atom. The maximum Gasteiger partial charge on any atom is 0.339 e. The van der Waals surface area contributed by atoms with Gasteiger partial charge in [0, 0.05) is 18.5 Å². The average molecular weight is 456 g/mol. The first-order valence-electron chi connectivity index (χ1n) is 11.6. The van der Waals surface area contributed by atoms with Crippen LogP contribution in [-0.4, -0.2) is 67.4 Å². The number of aliphatic hydroxyl groups is 1. The van der Waals surface area contributed by atoms with Crippen molar-refractivity contribution in [1.82, 2.24) is 5.32 Å². The number of carbonyl (C=O) groups is 2. The van der Waals surface area contributed by atoms with Gasteiger partial charge in [-0.3, -0.25) is 4.79 Å². The number of amides is 1. The summed E-state index contributed by atoms with van der Waals surface area (Å²) in [4.78, 5) is 25.6. The molecule has 5 rings (SSSR count). The lowest BCUT2D eigenvalue weighted by molar-refractivity contribution is -0.118. The van der Waals surface area contributed by atoms with Crippen molar-refractivity contribution in [3.8, 4) is 0 Å². The molecular formula is C25H29NO7. The molecule has 176 valence electrons. The zero-order valence-corrected chi connectivity index (χ0v) is 18.4. The fourth-order valence-electron chi connectivity index (χ4n) is 4.89. The molecular weight excluding hydrogens is 426 g/mol. The number of hydrogen-bond acceptors (Lipinski definition) is 7. The van der Waals surface area contributed by atoms with Crippen molar-refractivity contribution in [3.05, 3.63) is 53.1 Å². The monoisotopic (exact) mass is 455 g/mol. The summed E-state index contributed by atoms with van der Waals surface area (Å²) in [6, 6.07) is 7.36. The number of benzene rings is 1. The lowest BCUT2D eigenvalue weighted by atomic mass is 9.88. The van der Waals surface area contributed by atoms with Gasteiger partial charge in [0.1, 0.15) is 25.1 Å². The Balaban J connectivity index is 1.28. The molecule has 1 amide bonds. The molecule has 0 bridgehead atoms. The molecule has 1 aromatic carbocycles. The molecule has 2 N–H and O–H groups in total. The Labute approximate surface area is 192 Å². The van der Waals surface area contributed by atoms with E-state index in [4.69, 9.17) is 24.1 Å². The van der Waals surface area contributed by atoms with Gasteiger partial charge in [-0.15, -0.1) is 0 Å². The highest BCUT2D eigenvalue weighted by Gasteiger charge is 2.44. The molecule has 6 atom stereocenters. The van der Waals surface area contributed by atoms with Crippen LogP contribution in [0, 0.1) is 5.92 Å². The van der Waals surface area contributed by atoms with Crippen molar-refractivity contribution < 1.29 is 33.6 Å². The van der Waals surface area contributed by atoms with Gasteiger partial charge in [-0.2, -0.15) is 0 Å². The second-order valence-electron chi connectivity index (χ2n) is 8.93. The molecule has 8 heteroatoms. The summed E-state index contributed by atoms with van der Waals surface area (Å²) < 4.78 is 22.7. The molecule has 2 aliphatic heterocycles. The van der Waals surface area contributed by atoms with Crippen molar-refractivity contribution in [1.29, 1.82) is 0 Å². The van der Waals surface area contributed by atoms with E-state index in [-0.39, 0.29) is 32.3 Å². The number of allylic oxidation sites excluding steroid dienone is 1. The Hall–Kier alpha value is -2.52. The summed E-state index contributed by atoms with van der Waals surface area (Å²) >= 11 is 0. The van der Waals surface area contributed by atoms with Crippen LogP contribution in [0.15, 0.2) is 42.0 Å². The van der Waals surface area contributed by atoms with E-state index >= 15 is 0 Å². The standard InChI is InChI=1S/C25H29NO7/c27-10-9-26-24(28)17-12-21-23(31-14-30-21)22(13-17)33-25(29)18-4-2-1-3-16(18)7-5-15-6-8-19-20(11-15)32-19/h1-5,7,12,15,19-23,27H,6,8-11,13-14H2,(H,26,28). The van der Waals surface area contributed by atoms with E-state index in [1.54, 1.807) is 12.1 Å². The van der Waals surface area contributed by atoms with E-state index in [0.717, 1.165) is 24.8 Å². The SMILES string of the molecule is O=C(NCCO)C1=CC2OCOC2C(OC(=O)c2ccccc2C=CC2CCC3OC3C2)C1. The number of fused-ring (bicyclic) bond motifs is 2. The van der Waals surface area contributed by atoms with Gasteiger partial charge >= 0.3 is 5.97 Å². The van der Waals surface area contributed by atoms with Crippen LogP contribution in [0.25, 0.3) is 6.08 Å². The van der Waals surface area contributed by atoms with Crippen LogP contribution < -0.4 is 5.32 Å². The van der Waals surface area contributed by atoms with Crippen molar-refractivity contribution in [2.24, 2.45) is 5.92 Å². The fraction of sp³-hybridized carbons (Fsp3) is 0.520. The second-order valence-corrected chi connectivity index (χ2v) is 8.93. The van der Waals surface area contributed by atoms with Crippen LogP contribution in [0.2, 0.25) is 0 Å². The number of aliphatic hydroxyl groups excluding tert-OH is 1. The molecule has 0 spiro atoms. The zero-order chi connectivity index (χ0) is 22.8. The highest BCUT2D eigenvalue weighted by molar-refractivity contribution is 5.95. The van der Waals surface area contributed by atoms with Gasteiger partial charge in [0.2, 0.25) is 5.91 Å². The minimum atomic E-state index is -0.649. The molecule has 6 unspecified atom stereocenters. The second kappa shape index (κ2) is 9.77. The van der Waals surface area contributed by atoms with Crippen LogP contribution in [0.1, 0.15) is 41.6 Å². The highest BCUT2D eigenvalue weighted by Crippen LogP contribution is 2.40. The quantitative estimate of drug-likeness (QED) is 0.478. The normalized spacial score (nSPS) is 32.6. The lowest BCUT2D eigenvalue weighted by Crippen LogP contribution is -2.43. The lowest BCUT2D eigenvalue weighted by Gasteiger charge is -2.30. The molecule has 1 saturated carbocycles. The van der Waals surface area contributed by atoms with Gasteiger partial charge < -0.3 is 29.4 Å². The fourth-order valence-corrected chi connectivity index (χ4v) is 4.89. The largest absolute Gasteiger partial charge is 0.456 e. The number of rotatable bonds is 7. The van der Waals surface area contributed by atoms with Crippen LogP contribution in [-0.2, 0) is 23.7 Å². The molecule has 3 fully saturated rings. The first-order chi connectivity index (χ1) is 16.1. The Morgan fingerprint density at radius 1 is 1.18 bits per heavy atom. The van der Waals surface area contributed by atoms with E-state index in [1.165, 1.54) is 0 Å². The number of hydrogen-bond donors (Lipinski definition) is 2. The number of nitrogens with one attached hydrogen (secondary N) is 1. The van der Waals surface area contributed by atoms with E-state index in [2.05, 4.69) is 11.4 Å². The van der Waals surface area contributed by atoms with E-state index in [1.807, 2.05) is 24.3 Å². The Morgan fingerprint density at radius 2 is 2.06 bits per heavy atom. The van der Waals surface area contributed by atoms with Gasteiger partial charge in [0.15, 0.2) is 0 Å². The summed E-state index contributed by atoms with van der Waals surface area (Å²) in [6.45, 7) is 0.0839. The third-order valence-electron chi connectivity index (χ3n) is 6.72. The van der Waals surface area contributed by atoms with Gasteiger partial charge in [-0.25, -0.2) is 4.79 Å². The number of epoxide rings is 1. The zero-order valence-electron chi connectivity index (χ0n) is 18.4. The summed E-state index contributed by atoms with van der Waals surface area (Å²) in [6.07, 6.45) is 8.62. The van der Waals surface area contributed by atoms with Crippen molar-refractivity contribution in [2.45, 2.75) is 56.2 Å². The van der Waals surface area contributed by atoms with Crippen molar-refractivity contribution in [2.75, 3.05) is 19.9 Å². The maximum absolute atomic E-state index is 13.2. The Bertz CT molecular complexity index is 958. The van der Waals surface area contributed by atoms with Gasteiger partial charge in [0.25, 0.3) is 0 Å². The molecule has 2 heterocycles. The third-order valence-corrected chi connectivity index (χ3v) is 6.72. The number of carbonyl (C=O) groups excluding carboxylic acids is 2. The molecule has 2 aliphatic carbocycles. The Kier molecular flexibility index (Phi) is 6.59. The van der Waals surface area contributed by atoms with Gasteiger partial charge in [0.05, 0.1) is 24.4 Å². The molecule has 0 radical (unpaired) electrons. The molecule has 4 aliphatic rings. The first kappa shape index (κ1) is 22.3. The average Bonchev–Trinajstić information content (AvgIpc) is 3.45. The van der Waals surface area contributed by atoms with Crippen LogP contribution in [0.5, 0.6) is 0 Å². The predicted molar refractivity (Wildman–Crippen MR) is 118 cm³/mol. The molecule has 0 aromatic heterocycles. The van der Waals surface area contributed by atoms with Crippen molar-refractivity contribution in [3.63, 3.8) is 0 Å². The van der Waals surface area contributed by atoms with Crippen LogP contribution in [0.3, 0.4) is 0 Å². The minimum Gasteiger partial charge on any atom is -0.456 e. The summed E-state index contributed by atoms with van der Waals surface area (Å²) in [5.74, 6) is -0.316. The third kappa shape index (κ3) is 5.04. The topological polar surface area (TPSA) is 107 Å². The van der Waals surface area contributed by atoms with E-state index in [0.29, 0.717) is 29.3 Å².